The van der Waals surface area contributed by atoms with E-state index in [-0.39, 0.29) is 49.5 Å². The van der Waals surface area contributed by atoms with Crippen molar-refractivity contribution in [2.45, 2.75) is 12.8 Å². The molecule has 1 atom stereocenters. The van der Waals surface area contributed by atoms with Crippen molar-refractivity contribution in [3.8, 4) is 11.5 Å². The Hall–Kier alpha value is -3.62. The normalized spacial score (nSPS) is 17.4. The molecule has 0 radical (unpaired) electrons. The molecule has 162 valence electrons. The van der Waals surface area contributed by atoms with Crippen molar-refractivity contribution in [1.82, 2.24) is 5.32 Å². The van der Waals surface area contributed by atoms with Gasteiger partial charge in [0.1, 0.15) is 19.0 Å². The number of hydrogen-bond donors (Lipinski definition) is 2. The van der Waals surface area contributed by atoms with Gasteiger partial charge in [-0.2, -0.15) is 0 Å². The molecule has 2 aliphatic rings. The van der Waals surface area contributed by atoms with E-state index < -0.39 is 5.92 Å². The Labute approximate surface area is 178 Å². The zero-order valence-electron chi connectivity index (χ0n) is 16.7. The molecule has 3 amide bonds. The lowest BCUT2D eigenvalue weighted by Gasteiger charge is -2.19. The van der Waals surface area contributed by atoms with Crippen LogP contribution in [0.1, 0.15) is 12.8 Å². The van der Waals surface area contributed by atoms with Gasteiger partial charge in [0.05, 0.1) is 5.92 Å². The fourth-order valence-electron chi connectivity index (χ4n) is 3.54. The van der Waals surface area contributed by atoms with Gasteiger partial charge in [0.15, 0.2) is 11.5 Å². The van der Waals surface area contributed by atoms with Gasteiger partial charge in [-0.3, -0.25) is 14.4 Å². The quantitative estimate of drug-likeness (QED) is 0.736. The van der Waals surface area contributed by atoms with Crippen molar-refractivity contribution < 1.29 is 28.2 Å². The lowest BCUT2D eigenvalue weighted by atomic mass is 10.1. The first-order valence-electron chi connectivity index (χ1n) is 10.0. The van der Waals surface area contributed by atoms with E-state index in [9.17, 15) is 18.8 Å². The molecule has 0 bridgehead atoms. The summed E-state index contributed by atoms with van der Waals surface area (Å²) in [5, 5.41) is 5.47. The lowest BCUT2D eigenvalue weighted by Crippen LogP contribution is -2.34. The number of benzene rings is 2. The molecule has 9 heteroatoms. The molecule has 31 heavy (non-hydrogen) atoms. The number of carbonyl (C=O) groups excluding carboxylic acids is 3. The Balaban J connectivity index is 1.23. The third kappa shape index (κ3) is 4.93. The Morgan fingerprint density at radius 3 is 2.58 bits per heavy atom. The summed E-state index contributed by atoms with van der Waals surface area (Å²) in [7, 11) is 0. The number of carbonyl (C=O) groups is 3. The van der Waals surface area contributed by atoms with E-state index in [2.05, 4.69) is 10.6 Å². The van der Waals surface area contributed by atoms with Crippen molar-refractivity contribution in [2.24, 2.45) is 5.92 Å². The van der Waals surface area contributed by atoms with Gasteiger partial charge in [-0.05, 0) is 36.4 Å². The molecule has 0 saturated carbocycles. The number of fused-ring (bicyclic) bond motifs is 1. The maximum Gasteiger partial charge on any atom is 0.227 e. The van der Waals surface area contributed by atoms with Crippen LogP contribution in [0.25, 0.3) is 0 Å². The molecular formula is C22H22FN3O5. The van der Waals surface area contributed by atoms with E-state index in [0.717, 1.165) is 0 Å². The van der Waals surface area contributed by atoms with Crippen molar-refractivity contribution in [2.75, 3.05) is 36.5 Å². The predicted octanol–water partition coefficient (Wildman–Crippen LogP) is 2.09. The molecular weight excluding hydrogens is 405 g/mol. The summed E-state index contributed by atoms with van der Waals surface area (Å²) < 4.78 is 24.0. The zero-order valence-corrected chi connectivity index (χ0v) is 16.7. The van der Waals surface area contributed by atoms with Crippen LogP contribution in [-0.4, -0.2) is 44.0 Å². The van der Waals surface area contributed by atoms with E-state index in [1.165, 1.54) is 29.2 Å². The average Bonchev–Trinajstić information content (AvgIpc) is 3.16. The van der Waals surface area contributed by atoms with Gasteiger partial charge in [0.25, 0.3) is 0 Å². The number of anilines is 2. The Morgan fingerprint density at radius 1 is 1.06 bits per heavy atom. The first-order valence-corrected chi connectivity index (χ1v) is 10.0. The van der Waals surface area contributed by atoms with Crippen LogP contribution in [-0.2, 0) is 14.4 Å². The molecule has 2 aromatic carbocycles. The maximum atomic E-state index is 13.1. The summed E-state index contributed by atoms with van der Waals surface area (Å²) >= 11 is 0. The molecule has 0 aliphatic carbocycles. The van der Waals surface area contributed by atoms with Crippen LogP contribution in [0.5, 0.6) is 11.5 Å². The number of hydrogen-bond acceptors (Lipinski definition) is 5. The molecule has 4 rings (SSSR count). The summed E-state index contributed by atoms with van der Waals surface area (Å²) in [4.78, 5) is 38.3. The largest absolute Gasteiger partial charge is 0.486 e. The second kappa shape index (κ2) is 9.03. The highest BCUT2D eigenvalue weighted by atomic mass is 19.1. The molecule has 1 fully saturated rings. The van der Waals surface area contributed by atoms with Crippen molar-refractivity contribution in [3.63, 3.8) is 0 Å². The number of amides is 3. The molecule has 2 heterocycles. The van der Waals surface area contributed by atoms with Gasteiger partial charge >= 0.3 is 0 Å². The second-order valence-electron chi connectivity index (χ2n) is 7.33. The summed E-state index contributed by atoms with van der Waals surface area (Å²) in [6.45, 7) is 1.32. The van der Waals surface area contributed by atoms with Crippen LogP contribution >= 0.6 is 0 Å². The third-order valence-electron chi connectivity index (χ3n) is 5.11. The van der Waals surface area contributed by atoms with Crippen LogP contribution in [0.2, 0.25) is 0 Å². The minimum Gasteiger partial charge on any atom is -0.486 e. The number of rotatable bonds is 6. The van der Waals surface area contributed by atoms with Gasteiger partial charge in [-0.15, -0.1) is 0 Å². The number of nitrogens with zero attached hydrogens (tertiary/aromatic N) is 1. The number of ether oxygens (including phenoxy) is 2. The Kier molecular flexibility index (Phi) is 6.01. The summed E-state index contributed by atoms with van der Waals surface area (Å²) in [5.41, 5.74) is 1.14. The molecule has 1 unspecified atom stereocenters. The van der Waals surface area contributed by atoms with E-state index in [4.69, 9.17) is 9.47 Å². The molecule has 0 aromatic heterocycles. The highest BCUT2D eigenvalue weighted by Gasteiger charge is 2.35. The van der Waals surface area contributed by atoms with Crippen molar-refractivity contribution >= 4 is 29.1 Å². The highest BCUT2D eigenvalue weighted by molar-refractivity contribution is 6.00. The predicted molar refractivity (Wildman–Crippen MR) is 111 cm³/mol. The van der Waals surface area contributed by atoms with Crippen LogP contribution in [0, 0.1) is 11.7 Å². The van der Waals surface area contributed by atoms with Crippen molar-refractivity contribution in [3.05, 3.63) is 48.3 Å². The Bertz CT molecular complexity index is 995. The molecule has 8 nitrogen and oxygen atoms in total. The molecule has 2 aliphatic heterocycles. The topological polar surface area (TPSA) is 97.0 Å². The monoisotopic (exact) mass is 427 g/mol. The number of nitrogens with one attached hydrogen (secondary N) is 2. The van der Waals surface area contributed by atoms with Crippen LogP contribution < -0.4 is 25.0 Å². The first-order chi connectivity index (χ1) is 15.0. The van der Waals surface area contributed by atoms with E-state index in [1.54, 1.807) is 18.2 Å². The van der Waals surface area contributed by atoms with E-state index in [0.29, 0.717) is 36.1 Å². The minimum absolute atomic E-state index is 0.0760. The van der Waals surface area contributed by atoms with Gasteiger partial charge in [-0.1, -0.05) is 0 Å². The highest BCUT2D eigenvalue weighted by Crippen LogP contribution is 2.32. The van der Waals surface area contributed by atoms with Gasteiger partial charge in [-0.25, -0.2) is 4.39 Å². The summed E-state index contributed by atoms with van der Waals surface area (Å²) in [6, 6.07) is 10.7. The van der Waals surface area contributed by atoms with Crippen LogP contribution in [0.4, 0.5) is 15.8 Å². The Morgan fingerprint density at radius 2 is 1.81 bits per heavy atom. The number of halogens is 1. The van der Waals surface area contributed by atoms with Crippen molar-refractivity contribution in [1.29, 1.82) is 0 Å². The molecule has 2 N–H and O–H groups in total. The minimum atomic E-state index is -0.515. The van der Waals surface area contributed by atoms with E-state index >= 15 is 0 Å². The first kappa shape index (κ1) is 20.6. The molecule has 2 aromatic rings. The fourth-order valence-corrected chi connectivity index (χ4v) is 3.54. The maximum absolute atomic E-state index is 13.1. The third-order valence-corrected chi connectivity index (χ3v) is 5.11. The second-order valence-corrected chi connectivity index (χ2v) is 7.33. The van der Waals surface area contributed by atoms with Gasteiger partial charge < -0.3 is 25.0 Å². The summed E-state index contributed by atoms with van der Waals surface area (Å²) in [6.07, 6.45) is 0.162. The SMILES string of the molecule is O=C(CCNC(=O)C1CC(=O)N(c2ccc(F)cc2)C1)Nc1ccc2c(c1)OCCO2. The smallest absolute Gasteiger partial charge is 0.227 e. The van der Waals surface area contributed by atoms with Gasteiger partial charge in [0, 0.05) is 43.4 Å². The molecule has 0 spiro atoms. The van der Waals surface area contributed by atoms with Gasteiger partial charge in [0.2, 0.25) is 17.7 Å². The summed E-state index contributed by atoms with van der Waals surface area (Å²) in [5.74, 6) is -0.426. The zero-order chi connectivity index (χ0) is 21.8. The van der Waals surface area contributed by atoms with E-state index in [1.807, 2.05) is 0 Å². The van der Waals surface area contributed by atoms with Crippen LogP contribution in [0.15, 0.2) is 42.5 Å². The molecule has 1 saturated heterocycles. The lowest BCUT2D eigenvalue weighted by molar-refractivity contribution is -0.126. The standard InChI is InChI=1S/C22H22FN3O5/c23-15-1-4-17(5-2-15)26-13-14(11-21(26)28)22(29)24-8-7-20(27)25-16-3-6-18-19(12-16)31-10-9-30-18/h1-6,12,14H,7-11,13H2,(H,24,29)(H,25,27). The average molecular weight is 427 g/mol. The van der Waals surface area contributed by atoms with Crippen LogP contribution in [0.3, 0.4) is 0 Å². The fraction of sp³-hybridized carbons (Fsp3) is 0.318.